The number of carbonyl (C=O) groups excluding carboxylic acids is 1. The molecular formula is C24H22ClN3O4S2. The molecule has 4 rings (SSSR count). The highest BCUT2D eigenvalue weighted by atomic mass is 35.5. The van der Waals surface area contributed by atoms with Gasteiger partial charge < -0.3 is 10.4 Å². The Balaban J connectivity index is 1.76. The van der Waals surface area contributed by atoms with Crippen LogP contribution in [0.3, 0.4) is 0 Å². The third-order valence-electron chi connectivity index (χ3n) is 5.05. The zero-order valence-corrected chi connectivity index (χ0v) is 20.6. The summed E-state index contributed by atoms with van der Waals surface area (Å²) in [6, 6.07) is 19.5. The van der Waals surface area contributed by atoms with E-state index in [-0.39, 0.29) is 23.1 Å². The lowest BCUT2D eigenvalue weighted by Gasteiger charge is -2.08. The molecule has 0 aliphatic heterocycles. The first-order valence-corrected chi connectivity index (χ1v) is 13.5. The topological polar surface area (TPSA) is 101 Å². The SMILES string of the molecule is CS(=O)(=O)c1cccc(-c2ccc(-c3cc(C(=O)NCCCO)nn3-c3ccccc3Cl)s2)c1. The number of sulfone groups is 1. The predicted octanol–water partition coefficient (Wildman–Crippen LogP) is 4.44. The molecule has 0 aliphatic rings. The maximum atomic E-state index is 12.6. The highest BCUT2D eigenvalue weighted by Gasteiger charge is 2.19. The molecule has 0 atom stereocenters. The van der Waals surface area contributed by atoms with Gasteiger partial charge in [0.1, 0.15) is 0 Å². The van der Waals surface area contributed by atoms with Gasteiger partial charge in [-0.15, -0.1) is 11.3 Å². The lowest BCUT2D eigenvalue weighted by molar-refractivity contribution is 0.0945. The van der Waals surface area contributed by atoms with E-state index in [1.54, 1.807) is 35.0 Å². The fraction of sp³-hybridized carbons (Fsp3) is 0.167. The van der Waals surface area contributed by atoms with Crippen molar-refractivity contribution in [2.24, 2.45) is 0 Å². The van der Waals surface area contributed by atoms with E-state index in [1.807, 2.05) is 36.4 Å². The number of thiophene rings is 1. The van der Waals surface area contributed by atoms with Crippen LogP contribution in [0.1, 0.15) is 16.9 Å². The second-order valence-corrected chi connectivity index (χ2v) is 11.1. The fourth-order valence-electron chi connectivity index (χ4n) is 3.36. The largest absolute Gasteiger partial charge is 0.396 e. The molecule has 10 heteroatoms. The van der Waals surface area contributed by atoms with Crippen LogP contribution in [0.4, 0.5) is 0 Å². The van der Waals surface area contributed by atoms with Crippen molar-refractivity contribution in [3.63, 3.8) is 0 Å². The number of carbonyl (C=O) groups is 1. The molecule has 7 nitrogen and oxygen atoms in total. The lowest BCUT2D eigenvalue weighted by atomic mass is 10.2. The molecule has 0 radical (unpaired) electrons. The summed E-state index contributed by atoms with van der Waals surface area (Å²) in [7, 11) is -3.33. The summed E-state index contributed by atoms with van der Waals surface area (Å²) in [5.41, 5.74) is 2.31. The van der Waals surface area contributed by atoms with Gasteiger partial charge in [-0.1, -0.05) is 35.9 Å². The van der Waals surface area contributed by atoms with Crippen LogP contribution in [0.5, 0.6) is 0 Å². The number of benzene rings is 2. The van der Waals surface area contributed by atoms with Gasteiger partial charge in [0, 0.05) is 24.3 Å². The van der Waals surface area contributed by atoms with Crippen molar-refractivity contribution in [2.45, 2.75) is 11.3 Å². The molecule has 0 fully saturated rings. The standard InChI is InChI=1S/C24H22ClN3O4S2/c1-34(31,32)17-7-4-6-16(14-17)22-10-11-23(33-22)21-15-19(24(30)26-12-5-13-29)27-28(21)20-9-3-2-8-18(20)25/h2-4,6-11,14-15,29H,5,12-13H2,1H3,(H,26,30). The number of rotatable bonds is 8. The van der Waals surface area contributed by atoms with Crippen LogP contribution in [0.15, 0.2) is 71.6 Å². The van der Waals surface area contributed by atoms with Crippen LogP contribution < -0.4 is 5.32 Å². The van der Waals surface area contributed by atoms with E-state index in [1.165, 1.54) is 17.6 Å². The Hall–Kier alpha value is -2.98. The molecule has 0 aliphatic carbocycles. The quantitative estimate of drug-likeness (QED) is 0.338. The number of hydrogen-bond donors (Lipinski definition) is 2. The summed E-state index contributed by atoms with van der Waals surface area (Å²) in [5.74, 6) is -0.349. The van der Waals surface area contributed by atoms with E-state index in [4.69, 9.17) is 16.7 Å². The summed E-state index contributed by atoms with van der Waals surface area (Å²) in [6.07, 6.45) is 1.63. The van der Waals surface area contributed by atoms with Gasteiger partial charge in [-0.3, -0.25) is 4.79 Å². The fourth-order valence-corrected chi connectivity index (χ4v) is 5.24. The number of nitrogens with zero attached hydrogens (tertiary/aromatic N) is 2. The number of nitrogens with one attached hydrogen (secondary N) is 1. The summed E-state index contributed by atoms with van der Waals surface area (Å²) >= 11 is 7.88. The molecule has 2 heterocycles. The predicted molar refractivity (Wildman–Crippen MR) is 134 cm³/mol. The zero-order chi connectivity index (χ0) is 24.3. The molecule has 0 saturated heterocycles. The van der Waals surface area contributed by atoms with E-state index in [9.17, 15) is 13.2 Å². The maximum absolute atomic E-state index is 12.6. The Morgan fingerprint density at radius 3 is 2.59 bits per heavy atom. The minimum absolute atomic E-state index is 0.0158. The van der Waals surface area contributed by atoms with Crippen molar-refractivity contribution in [1.82, 2.24) is 15.1 Å². The molecule has 2 aromatic heterocycles. The maximum Gasteiger partial charge on any atom is 0.271 e. The van der Waals surface area contributed by atoms with Gasteiger partial charge in [0.15, 0.2) is 15.5 Å². The summed E-state index contributed by atoms with van der Waals surface area (Å²) in [5, 5.41) is 16.7. The second-order valence-electron chi connectivity index (χ2n) is 7.57. The number of aromatic nitrogens is 2. The average Bonchev–Trinajstić information content (AvgIpc) is 3.47. The third-order valence-corrected chi connectivity index (χ3v) is 7.63. The first kappa shape index (κ1) is 24.2. The highest BCUT2D eigenvalue weighted by Crippen LogP contribution is 2.37. The second kappa shape index (κ2) is 10.1. The molecular weight excluding hydrogens is 494 g/mol. The van der Waals surface area contributed by atoms with Gasteiger partial charge in [-0.25, -0.2) is 13.1 Å². The van der Waals surface area contributed by atoms with Crippen molar-refractivity contribution in [3.05, 3.63) is 77.4 Å². The minimum Gasteiger partial charge on any atom is -0.396 e. The van der Waals surface area contributed by atoms with Crippen LogP contribution in [-0.2, 0) is 9.84 Å². The lowest BCUT2D eigenvalue weighted by Crippen LogP contribution is -2.25. The number of para-hydroxylation sites is 1. The van der Waals surface area contributed by atoms with Gasteiger partial charge in [-0.2, -0.15) is 5.10 Å². The molecule has 0 unspecified atom stereocenters. The molecule has 2 N–H and O–H groups in total. The molecule has 1 amide bonds. The van der Waals surface area contributed by atoms with Gasteiger partial charge >= 0.3 is 0 Å². The first-order chi connectivity index (χ1) is 16.3. The Bertz CT molecular complexity index is 1440. The van der Waals surface area contributed by atoms with E-state index in [0.29, 0.717) is 29.4 Å². The molecule has 34 heavy (non-hydrogen) atoms. The van der Waals surface area contributed by atoms with E-state index in [2.05, 4.69) is 10.4 Å². The highest BCUT2D eigenvalue weighted by molar-refractivity contribution is 7.90. The molecule has 0 saturated carbocycles. The van der Waals surface area contributed by atoms with Crippen LogP contribution in [0.25, 0.3) is 26.7 Å². The smallest absolute Gasteiger partial charge is 0.271 e. The zero-order valence-electron chi connectivity index (χ0n) is 18.2. The van der Waals surface area contributed by atoms with Gasteiger partial charge in [0.05, 0.1) is 26.2 Å². The van der Waals surface area contributed by atoms with Crippen molar-refractivity contribution >= 4 is 38.7 Å². The van der Waals surface area contributed by atoms with Crippen molar-refractivity contribution in [1.29, 1.82) is 0 Å². The van der Waals surface area contributed by atoms with E-state index in [0.717, 1.165) is 15.3 Å². The van der Waals surface area contributed by atoms with Gasteiger partial charge in [0.2, 0.25) is 0 Å². The number of amides is 1. The summed E-state index contributed by atoms with van der Waals surface area (Å²) < 4.78 is 25.6. The molecule has 4 aromatic rings. The molecule has 0 spiro atoms. The Morgan fingerprint density at radius 1 is 1.09 bits per heavy atom. The Morgan fingerprint density at radius 2 is 1.85 bits per heavy atom. The molecule has 2 aromatic carbocycles. The molecule has 0 bridgehead atoms. The number of halogens is 1. The van der Waals surface area contributed by atoms with Crippen LogP contribution in [0, 0.1) is 0 Å². The Labute approximate surface area is 206 Å². The normalized spacial score (nSPS) is 11.5. The first-order valence-electron chi connectivity index (χ1n) is 10.4. The van der Waals surface area contributed by atoms with E-state index < -0.39 is 9.84 Å². The average molecular weight is 516 g/mol. The van der Waals surface area contributed by atoms with Crippen molar-refractivity contribution < 1.29 is 18.3 Å². The summed E-state index contributed by atoms with van der Waals surface area (Å²) in [4.78, 5) is 14.6. The van der Waals surface area contributed by atoms with E-state index >= 15 is 0 Å². The number of aliphatic hydroxyl groups is 1. The summed E-state index contributed by atoms with van der Waals surface area (Å²) in [6.45, 7) is 0.321. The van der Waals surface area contributed by atoms with Gasteiger partial charge in [-0.05, 0) is 54.4 Å². The van der Waals surface area contributed by atoms with Crippen LogP contribution >= 0.6 is 22.9 Å². The monoisotopic (exact) mass is 515 g/mol. The number of hydrogen-bond acceptors (Lipinski definition) is 6. The van der Waals surface area contributed by atoms with Crippen molar-refractivity contribution in [3.8, 4) is 26.7 Å². The third kappa shape index (κ3) is 5.23. The number of aliphatic hydroxyl groups excluding tert-OH is 1. The molecule has 176 valence electrons. The van der Waals surface area contributed by atoms with Gasteiger partial charge in [0.25, 0.3) is 5.91 Å². The minimum atomic E-state index is -3.33. The van der Waals surface area contributed by atoms with Crippen molar-refractivity contribution in [2.75, 3.05) is 19.4 Å². The van der Waals surface area contributed by atoms with Crippen LogP contribution in [-0.4, -0.2) is 48.6 Å². The Kier molecular flexibility index (Phi) is 7.18. The van der Waals surface area contributed by atoms with Crippen LogP contribution in [0.2, 0.25) is 5.02 Å².